The van der Waals surface area contributed by atoms with Gasteiger partial charge in [-0.3, -0.25) is 0 Å². The molecule has 2 nitrogen and oxygen atoms in total. The number of aliphatic hydroxyl groups is 1. The van der Waals surface area contributed by atoms with Gasteiger partial charge in [-0.2, -0.15) is 0 Å². The van der Waals surface area contributed by atoms with Crippen molar-refractivity contribution in [2.24, 2.45) is 0 Å². The van der Waals surface area contributed by atoms with Crippen molar-refractivity contribution in [3.63, 3.8) is 0 Å². The first kappa shape index (κ1) is 10.1. The number of hydrogen-bond donors (Lipinski definition) is 1. The fourth-order valence-corrected chi connectivity index (χ4v) is 0.725. The topological polar surface area (TPSA) is 37.3 Å². The normalized spacial score (nSPS) is 11.3. The number of allylic oxidation sites excluding steroid dienone is 2. The minimum absolute atomic E-state index is 0.0132. The average molecular weight is 154 g/mol. The SMILES string of the molecule is C=C/C(=C/CO)CCC(C)=O. The molecule has 0 amide bonds. The van der Waals surface area contributed by atoms with Crippen LogP contribution in [0.4, 0.5) is 0 Å². The predicted molar refractivity (Wildman–Crippen MR) is 45.3 cm³/mol. The van der Waals surface area contributed by atoms with Gasteiger partial charge in [0.1, 0.15) is 5.78 Å². The first-order chi connectivity index (χ1) is 5.20. The Balaban J connectivity index is 3.79. The van der Waals surface area contributed by atoms with Gasteiger partial charge in [-0.15, -0.1) is 0 Å². The van der Waals surface area contributed by atoms with Crippen LogP contribution in [-0.2, 0) is 4.79 Å². The van der Waals surface area contributed by atoms with E-state index in [1.54, 1.807) is 19.1 Å². The summed E-state index contributed by atoms with van der Waals surface area (Å²) in [5.41, 5.74) is 0.933. The summed E-state index contributed by atoms with van der Waals surface area (Å²) in [5, 5.41) is 8.52. The molecule has 1 N–H and O–H groups in total. The number of hydrogen-bond acceptors (Lipinski definition) is 2. The number of ketones is 1. The van der Waals surface area contributed by atoms with E-state index in [0.717, 1.165) is 5.57 Å². The molecule has 0 atom stereocenters. The highest BCUT2D eigenvalue weighted by Crippen LogP contribution is 2.05. The van der Waals surface area contributed by atoms with Crippen molar-refractivity contribution < 1.29 is 9.90 Å². The third kappa shape index (κ3) is 5.55. The number of Topliss-reactive ketones (excluding diaryl/α,β-unsaturated/α-hetero) is 1. The van der Waals surface area contributed by atoms with E-state index >= 15 is 0 Å². The Hall–Kier alpha value is -0.890. The van der Waals surface area contributed by atoms with Gasteiger partial charge in [0.2, 0.25) is 0 Å². The van der Waals surface area contributed by atoms with Crippen LogP contribution in [0.5, 0.6) is 0 Å². The molecule has 0 aliphatic rings. The van der Waals surface area contributed by atoms with E-state index < -0.39 is 0 Å². The van der Waals surface area contributed by atoms with Gasteiger partial charge in [-0.05, 0) is 18.9 Å². The molecule has 0 aromatic heterocycles. The lowest BCUT2D eigenvalue weighted by atomic mass is 10.1. The Kier molecular flexibility index (Phi) is 5.39. The van der Waals surface area contributed by atoms with E-state index in [0.29, 0.717) is 12.8 Å². The standard InChI is InChI=1S/C9H14O2/c1-3-9(6-7-10)5-4-8(2)11/h3,6,10H,1,4-5,7H2,2H3/b9-6-. The quantitative estimate of drug-likeness (QED) is 0.609. The van der Waals surface area contributed by atoms with E-state index in [4.69, 9.17) is 5.11 Å². The summed E-state index contributed by atoms with van der Waals surface area (Å²) in [5.74, 6) is 0.163. The van der Waals surface area contributed by atoms with Crippen LogP contribution >= 0.6 is 0 Å². The van der Waals surface area contributed by atoms with Crippen molar-refractivity contribution >= 4 is 5.78 Å². The zero-order valence-electron chi connectivity index (χ0n) is 6.84. The highest BCUT2D eigenvalue weighted by Gasteiger charge is 1.95. The molecule has 0 unspecified atom stereocenters. The van der Waals surface area contributed by atoms with Crippen LogP contribution in [0, 0.1) is 0 Å². The zero-order valence-corrected chi connectivity index (χ0v) is 6.84. The van der Waals surface area contributed by atoms with Gasteiger partial charge in [-0.1, -0.05) is 18.7 Å². The van der Waals surface area contributed by atoms with E-state index in [2.05, 4.69) is 6.58 Å². The van der Waals surface area contributed by atoms with Crippen LogP contribution in [0.15, 0.2) is 24.3 Å². The molecule has 0 bridgehead atoms. The van der Waals surface area contributed by atoms with Crippen LogP contribution in [0.1, 0.15) is 19.8 Å². The Morgan fingerprint density at radius 2 is 2.18 bits per heavy atom. The Labute approximate surface area is 67.2 Å². The van der Waals surface area contributed by atoms with Crippen LogP contribution in [-0.4, -0.2) is 17.5 Å². The third-order valence-corrected chi connectivity index (χ3v) is 1.38. The number of aliphatic hydroxyl groups excluding tert-OH is 1. The van der Waals surface area contributed by atoms with Gasteiger partial charge >= 0.3 is 0 Å². The van der Waals surface area contributed by atoms with E-state index in [9.17, 15) is 4.79 Å². The molecule has 2 heteroatoms. The molecule has 0 aliphatic carbocycles. The largest absolute Gasteiger partial charge is 0.392 e. The molecular weight excluding hydrogens is 140 g/mol. The fraction of sp³-hybridized carbons (Fsp3) is 0.444. The van der Waals surface area contributed by atoms with Crippen molar-refractivity contribution in [3.05, 3.63) is 24.3 Å². The Morgan fingerprint density at radius 3 is 2.55 bits per heavy atom. The molecule has 0 aliphatic heterocycles. The zero-order chi connectivity index (χ0) is 8.69. The molecule has 0 saturated carbocycles. The second-order valence-electron chi connectivity index (χ2n) is 2.37. The number of rotatable bonds is 5. The molecule has 62 valence electrons. The molecule has 0 rings (SSSR count). The summed E-state index contributed by atoms with van der Waals surface area (Å²) in [4.78, 5) is 10.5. The maximum Gasteiger partial charge on any atom is 0.130 e. The molecule has 0 aromatic rings. The maximum absolute atomic E-state index is 10.5. The van der Waals surface area contributed by atoms with Gasteiger partial charge in [0, 0.05) is 6.42 Å². The van der Waals surface area contributed by atoms with Crippen molar-refractivity contribution in [2.45, 2.75) is 19.8 Å². The lowest BCUT2D eigenvalue weighted by Gasteiger charge is -1.97. The summed E-state index contributed by atoms with van der Waals surface area (Å²) in [6.45, 7) is 5.14. The first-order valence-corrected chi connectivity index (χ1v) is 3.62. The summed E-state index contributed by atoms with van der Waals surface area (Å²) in [6.07, 6.45) is 4.53. The summed E-state index contributed by atoms with van der Waals surface area (Å²) < 4.78 is 0. The molecule has 0 fully saturated rings. The summed E-state index contributed by atoms with van der Waals surface area (Å²) >= 11 is 0. The summed E-state index contributed by atoms with van der Waals surface area (Å²) in [6, 6.07) is 0. The monoisotopic (exact) mass is 154 g/mol. The average Bonchev–Trinajstić information content (AvgIpc) is 1.97. The molecular formula is C9H14O2. The predicted octanol–water partition coefficient (Wildman–Crippen LogP) is 1.46. The molecule has 0 spiro atoms. The number of carbonyl (C=O) groups excluding carboxylic acids is 1. The first-order valence-electron chi connectivity index (χ1n) is 3.62. The lowest BCUT2D eigenvalue weighted by molar-refractivity contribution is -0.116. The molecule has 0 radical (unpaired) electrons. The van der Waals surface area contributed by atoms with Crippen molar-refractivity contribution in [2.75, 3.05) is 6.61 Å². The molecule has 0 aromatic carbocycles. The van der Waals surface area contributed by atoms with Crippen molar-refractivity contribution in [1.82, 2.24) is 0 Å². The van der Waals surface area contributed by atoms with E-state index in [1.807, 2.05) is 0 Å². The second-order valence-corrected chi connectivity index (χ2v) is 2.37. The highest BCUT2D eigenvalue weighted by atomic mass is 16.2. The Morgan fingerprint density at radius 1 is 1.55 bits per heavy atom. The van der Waals surface area contributed by atoms with E-state index in [1.165, 1.54) is 0 Å². The molecule has 0 heterocycles. The highest BCUT2D eigenvalue weighted by molar-refractivity contribution is 5.75. The van der Waals surface area contributed by atoms with Crippen molar-refractivity contribution in [3.8, 4) is 0 Å². The van der Waals surface area contributed by atoms with Gasteiger partial charge in [0.05, 0.1) is 6.61 Å². The summed E-state index contributed by atoms with van der Waals surface area (Å²) in [7, 11) is 0. The fourth-order valence-electron chi connectivity index (χ4n) is 0.725. The van der Waals surface area contributed by atoms with Gasteiger partial charge < -0.3 is 9.90 Å². The van der Waals surface area contributed by atoms with Gasteiger partial charge in [0.15, 0.2) is 0 Å². The van der Waals surface area contributed by atoms with Crippen LogP contribution in [0.3, 0.4) is 0 Å². The van der Waals surface area contributed by atoms with Crippen LogP contribution in [0.2, 0.25) is 0 Å². The van der Waals surface area contributed by atoms with Crippen LogP contribution in [0.25, 0.3) is 0 Å². The van der Waals surface area contributed by atoms with Gasteiger partial charge in [-0.25, -0.2) is 0 Å². The maximum atomic E-state index is 10.5. The van der Waals surface area contributed by atoms with E-state index in [-0.39, 0.29) is 12.4 Å². The minimum atomic E-state index is 0.0132. The third-order valence-electron chi connectivity index (χ3n) is 1.38. The lowest BCUT2D eigenvalue weighted by Crippen LogP contribution is -1.91. The van der Waals surface area contributed by atoms with Crippen molar-refractivity contribution in [1.29, 1.82) is 0 Å². The minimum Gasteiger partial charge on any atom is -0.392 e. The number of carbonyl (C=O) groups is 1. The van der Waals surface area contributed by atoms with Crippen LogP contribution < -0.4 is 0 Å². The van der Waals surface area contributed by atoms with Gasteiger partial charge in [0.25, 0.3) is 0 Å². The molecule has 0 saturated heterocycles. The smallest absolute Gasteiger partial charge is 0.130 e. The second kappa shape index (κ2) is 5.86. The Bertz CT molecular complexity index is 168. The molecule has 11 heavy (non-hydrogen) atoms.